The summed E-state index contributed by atoms with van der Waals surface area (Å²) in [5.41, 5.74) is 1.60. The molecule has 0 saturated carbocycles. The molecule has 0 radical (unpaired) electrons. The Kier molecular flexibility index (Phi) is 6.11. The molecule has 2 aromatic rings. The standard InChI is InChI=1S/C18H17Cl2F2NO3/c1-9(24)10-4-6-13(25-2)11(8-10)18(23,17(20)22)15-14(26-3)7-5-12(19)16(15)21/h4-8,17H,23H2,1-3H3. The van der Waals surface area contributed by atoms with Crippen molar-refractivity contribution in [1.82, 2.24) is 0 Å². The zero-order valence-corrected chi connectivity index (χ0v) is 15.8. The summed E-state index contributed by atoms with van der Waals surface area (Å²) in [5.74, 6) is -1.19. The van der Waals surface area contributed by atoms with Gasteiger partial charge in [0.25, 0.3) is 0 Å². The fraction of sp³-hybridized carbons (Fsp3) is 0.278. The van der Waals surface area contributed by atoms with Gasteiger partial charge in [-0.1, -0.05) is 23.2 Å². The summed E-state index contributed by atoms with van der Waals surface area (Å²) in [6.45, 7) is 1.33. The largest absolute Gasteiger partial charge is 0.496 e. The maximum Gasteiger partial charge on any atom is 0.199 e. The van der Waals surface area contributed by atoms with Crippen LogP contribution < -0.4 is 15.2 Å². The Labute approximate surface area is 159 Å². The SMILES string of the molecule is COc1ccc(C(C)=O)cc1C(N)(c1c(OC)ccc(Cl)c1F)C(F)Cl. The van der Waals surface area contributed by atoms with Gasteiger partial charge >= 0.3 is 0 Å². The predicted molar refractivity (Wildman–Crippen MR) is 96.7 cm³/mol. The highest BCUT2D eigenvalue weighted by molar-refractivity contribution is 6.31. The number of ketones is 1. The molecular weight excluding hydrogens is 387 g/mol. The number of nitrogens with two attached hydrogens (primary N) is 1. The number of carbonyl (C=O) groups excluding carboxylic acids is 1. The lowest BCUT2D eigenvalue weighted by Crippen LogP contribution is -2.46. The van der Waals surface area contributed by atoms with Crippen LogP contribution >= 0.6 is 23.2 Å². The van der Waals surface area contributed by atoms with Gasteiger partial charge in [0.2, 0.25) is 0 Å². The van der Waals surface area contributed by atoms with Gasteiger partial charge in [0, 0.05) is 11.1 Å². The predicted octanol–water partition coefficient (Wildman–Crippen LogP) is 4.44. The van der Waals surface area contributed by atoms with E-state index in [0.717, 1.165) is 0 Å². The molecular formula is C18H17Cl2F2NO3. The first kappa shape index (κ1) is 20.4. The molecule has 0 fully saturated rings. The third-order valence-corrected chi connectivity index (χ3v) is 4.72. The van der Waals surface area contributed by atoms with Crippen LogP contribution in [0.5, 0.6) is 11.5 Å². The lowest BCUT2D eigenvalue weighted by Gasteiger charge is -2.33. The summed E-state index contributed by atoms with van der Waals surface area (Å²) in [6, 6.07) is 6.84. The van der Waals surface area contributed by atoms with E-state index in [-0.39, 0.29) is 39.0 Å². The molecule has 4 nitrogen and oxygen atoms in total. The van der Waals surface area contributed by atoms with Crippen LogP contribution in [0.15, 0.2) is 30.3 Å². The van der Waals surface area contributed by atoms with Crippen molar-refractivity contribution < 1.29 is 23.0 Å². The highest BCUT2D eigenvalue weighted by Crippen LogP contribution is 2.45. The number of carbonyl (C=O) groups is 1. The quantitative estimate of drug-likeness (QED) is 0.572. The first-order valence-electron chi connectivity index (χ1n) is 7.47. The van der Waals surface area contributed by atoms with Gasteiger partial charge in [0.1, 0.15) is 17.0 Å². The second-order valence-corrected chi connectivity index (χ2v) is 6.37. The molecule has 0 amide bonds. The zero-order chi connectivity index (χ0) is 19.6. The molecule has 2 unspecified atom stereocenters. The van der Waals surface area contributed by atoms with Crippen molar-refractivity contribution in [3.63, 3.8) is 0 Å². The van der Waals surface area contributed by atoms with Crippen molar-refractivity contribution in [2.75, 3.05) is 14.2 Å². The second kappa shape index (κ2) is 7.78. The van der Waals surface area contributed by atoms with Crippen molar-refractivity contribution in [3.05, 3.63) is 57.9 Å². The fourth-order valence-electron chi connectivity index (χ4n) is 2.70. The molecule has 2 aromatic carbocycles. The van der Waals surface area contributed by atoms with Crippen molar-refractivity contribution >= 4 is 29.0 Å². The van der Waals surface area contributed by atoms with E-state index in [0.29, 0.717) is 0 Å². The normalized spacial score (nSPS) is 14.5. The van der Waals surface area contributed by atoms with Crippen LogP contribution in [0.4, 0.5) is 8.78 Å². The molecule has 0 spiro atoms. The van der Waals surface area contributed by atoms with Crippen molar-refractivity contribution in [2.45, 2.75) is 18.1 Å². The van der Waals surface area contributed by atoms with E-state index in [9.17, 15) is 13.6 Å². The molecule has 2 atom stereocenters. The Morgan fingerprint density at radius 1 is 1.19 bits per heavy atom. The minimum absolute atomic E-state index is 0.0188. The molecule has 140 valence electrons. The number of benzene rings is 2. The number of alkyl halides is 2. The Balaban J connectivity index is 2.92. The minimum atomic E-state index is -2.29. The smallest absolute Gasteiger partial charge is 0.199 e. The van der Waals surface area contributed by atoms with Gasteiger partial charge in [-0.3, -0.25) is 4.79 Å². The summed E-state index contributed by atoms with van der Waals surface area (Å²) in [6.07, 6.45) is 0. The maximum atomic E-state index is 14.9. The monoisotopic (exact) mass is 403 g/mol. The number of methoxy groups -OCH3 is 2. The van der Waals surface area contributed by atoms with E-state index in [1.165, 1.54) is 51.5 Å². The topological polar surface area (TPSA) is 61.5 Å². The van der Waals surface area contributed by atoms with Crippen molar-refractivity contribution in [2.24, 2.45) is 5.73 Å². The van der Waals surface area contributed by atoms with Gasteiger partial charge < -0.3 is 15.2 Å². The number of Topliss-reactive ketones (excluding diaryl/α,β-unsaturated/α-hetero) is 1. The first-order chi connectivity index (χ1) is 12.2. The number of halogens is 4. The van der Waals surface area contributed by atoms with Gasteiger partial charge in [-0.05, 0) is 37.3 Å². The van der Waals surface area contributed by atoms with Crippen LogP contribution in [0.1, 0.15) is 28.4 Å². The molecule has 0 aromatic heterocycles. The van der Waals surface area contributed by atoms with Gasteiger partial charge in [0.05, 0.1) is 24.8 Å². The highest BCUT2D eigenvalue weighted by atomic mass is 35.5. The molecule has 0 saturated heterocycles. The average Bonchev–Trinajstić information content (AvgIpc) is 2.62. The summed E-state index contributed by atoms with van der Waals surface area (Å²) < 4.78 is 39.9. The van der Waals surface area contributed by atoms with Crippen LogP contribution in [0.25, 0.3) is 0 Å². The van der Waals surface area contributed by atoms with E-state index in [2.05, 4.69) is 0 Å². The van der Waals surface area contributed by atoms with E-state index < -0.39 is 17.0 Å². The van der Waals surface area contributed by atoms with Gasteiger partial charge in [-0.2, -0.15) is 0 Å². The summed E-state index contributed by atoms with van der Waals surface area (Å²) in [7, 11) is 2.61. The number of rotatable bonds is 6. The number of hydrogen-bond donors (Lipinski definition) is 1. The van der Waals surface area contributed by atoms with E-state index >= 15 is 0 Å². The third-order valence-electron chi connectivity index (χ3n) is 4.09. The molecule has 0 aliphatic carbocycles. The van der Waals surface area contributed by atoms with Gasteiger partial charge in [-0.25, -0.2) is 8.78 Å². The fourth-order valence-corrected chi connectivity index (χ4v) is 3.08. The van der Waals surface area contributed by atoms with Crippen LogP contribution in [0.2, 0.25) is 5.02 Å². The molecule has 0 aliphatic rings. The maximum absolute atomic E-state index is 14.9. The Morgan fingerprint density at radius 3 is 2.27 bits per heavy atom. The number of hydrogen-bond acceptors (Lipinski definition) is 4. The Hall–Kier alpha value is -1.89. The molecule has 8 heteroatoms. The molecule has 2 N–H and O–H groups in total. The lowest BCUT2D eigenvalue weighted by atomic mass is 9.82. The van der Waals surface area contributed by atoms with E-state index in [1.54, 1.807) is 0 Å². The molecule has 0 heterocycles. The third kappa shape index (κ3) is 3.37. The summed E-state index contributed by atoms with van der Waals surface area (Å²) in [4.78, 5) is 11.7. The second-order valence-electron chi connectivity index (χ2n) is 5.58. The number of ether oxygens (including phenoxy) is 2. The average molecular weight is 404 g/mol. The first-order valence-corrected chi connectivity index (χ1v) is 8.28. The van der Waals surface area contributed by atoms with Crippen LogP contribution in [0, 0.1) is 5.82 Å². The van der Waals surface area contributed by atoms with Crippen molar-refractivity contribution in [3.8, 4) is 11.5 Å². The Bertz CT molecular complexity index is 845. The summed E-state index contributed by atoms with van der Waals surface area (Å²) in [5, 5.41) is -0.283. The van der Waals surface area contributed by atoms with Crippen LogP contribution in [-0.2, 0) is 5.54 Å². The van der Waals surface area contributed by atoms with Gasteiger partial charge in [0.15, 0.2) is 17.2 Å². The van der Waals surface area contributed by atoms with Crippen LogP contribution in [0.3, 0.4) is 0 Å². The van der Waals surface area contributed by atoms with E-state index in [4.69, 9.17) is 38.4 Å². The van der Waals surface area contributed by atoms with Gasteiger partial charge in [-0.15, -0.1) is 0 Å². The summed E-state index contributed by atoms with van der Waals surface area (Å²) >= 11 is 11.6. The van der Waals surface area contributed by atoms with Crippen LogP contribution in [-0.4, -0.2) is 25.6 Å². The molecule has 0 aliphatic heterocycles. The molecule has 0 bridgehead atoms. The lowest BCUT2D eigenvalue weighted by molar-refractivity contribution is 0.101. The van der Waals surface area contributed by atoms with E-state index in [1.807, 2.05) is 0 Å². The Morgan fingerprint density at radius 2 is 1.77 bits per heavy atom. The molecule has 2 rings (SSSR count). The minimum Gasteiger partial charge on any atom is -0.496 e. The molecule has 26 heavy (non-hydrogen) atoms. The van der Waals surface area contributed by atoms with Crippen molar-refractivity contribution in [1.29, 1.82) is 0 Å². The zero-order valence-electron chi connectivity index (χ0n) is 14.3. The highest BCUT2D eigenvalue weighted by Gasteiger charge is 2.45.